The summed E-state index contributed by atoms with van der Waals surface area (Å²) in [5.41, 5.74) is 8.34. The Bertz CT molecular complexity index is 1860. The maximum atomic E-state index is 14.3. The number of hydrogen-bond donors (Lipinski definition) is 1. The molecular weight excluding hydrogens is 680 g/mol. The Hall–Kier alpha value is -3.95. The van der Waals surface area contributed by atoms with Gasteiger partial charge in [-0.25, -0.2) is 4.39 Å². The Morgan fingerprint density at radius 2 is 2.00 bits per heavy atom. The first-order valence-corrected chi connectivity index (χ1v) is 17.0. The van der Waals surface area contributed by atoms with Crippen LogP contribution >= 0.6 is 11.6 Å². The fourth-order valence-corrected chi connectivity index (χ4v) is 8.19. The molecule has 1 aromatic carbocycles. The second-order valence-corrected chi connectivity index (χ2v) is 14.2. The minimum absolute atomic E-state index is 0.0115. The van der Waals surface area contributed by atoms with E-state index in [-0.39, 0.29) is 48.3 Å². The van der Waals surface area contributed by atoms with Crippen LogP contribution in [-0.2, 0) is 37.0 Å². The van der Waals surface area contributed by atoms with Crippen LogP contribution < -0.4 is 15.4 Å². The largest absolute Gasteiger partial charge is 0.461 e. The van der Waals surface area contributed by atoms with Crippen molar-refractivity contribution in [2.24, 2.45) is 0 Å². The molecule has 4 aliphatic rings. The van der Waals surface area contributed by atoms with Crippen molar-refractivity contribution < 1.29 is 31.8 Å². The zero-order chi connectivity index (χ0) is 35.5. The fraction of sp³-hybridized carbons (Fsp3) is 0.529. The van der Waals surface area contributed by atoms with E-state index in [4.69, 9.17) is 36.8 Å². The SMILES string of the molecule is Cc1c(C(=O)N(C)C)nn2c1CN(c1nc(OC[C@@]34CCCN3C/C(=C\F)C4)nc3c1CO[C@H](c1cc(N)cc(Cl)c1C(F)(F)F)C3)CCC2. The third-order valence-corrected chi connectivity index (χ3v) is 10.6. The van der Waals surface area contributed by atoms with Gasteiger partial charge in [0.1, 0.15) is 12.4 Å². The molecule has 2 saturated heterocycles. The monoisotopic (exact) mass is 718 g/mol. The number of nitrogens with zero attached hydrogens (tertiary/aromatic N) is 7. The van der Waals surface area contributed by atoms with Gasteiger partial charge in [0.15, 0.2) is 5.69 Å². The second kappa shape index (κ2) is 13.0. The molecule has 7 rings (SSSR count). The number of carbonyl (C=O) groups is 1. The summed E-state index contributed by atoms with van der Waals surface area (Å²) in [6.45, 7) is 4.95. The van der Waals surface area contributed by atoms with Crippen molar-refractivity contribution in [3.63, 3.8) is 0 Å². The van der Waals surface area contributed by atoms with Crippen molar-refractivity contribution in [1.29, 1.82) is 0 Å². The molecule has 16 heteroatoms. The van der Waals surface area contributed by atoms with Crippen molar-refractivity contribution in [2.45, 2.75) is 76.5 Å². The van der Waals surface area contributed by atoms with Crippen molar-refractivity contribution >= 4 is 29.0 Å². The molecule has 50 heavy (non-hydrogen) atoms. The number of aryl methyl sites for hydroxylation is 1. The van der Waals surface area contributed by atoms with Crippen molar-refractivity contribution in [3.05, 3.63) is 68.4 Å². The van der Waals surface area contributed by atoms with Crippen LogP contribution in [0.5, 0.6) is 6.01 Å². The van der Waals surface area contributed by atoms with Crippen LogP contribution in [0.3, 0.4) is 0 Å². The first-order valence-electron chi connectivity index (χ1n) is 16.6. The highest BCUT2D eigenvalue weighted by atomic mass is 35.5. The lowest BCUT2D eigenvalue weighted by molar-refractivity contribution is -0.139. The molecule has 0 saturated carbocycles. The van der Waals surface area contributed by atoms with Crippen molar-refractivity contribution in [2.75, 3.05) is 51.0 Å². The maximum Gasteiger partial charge on any atom is 0.418 e. The lowest BCUT2D eigenvalue weighted by Gasteiger charge is -2.33. The summed E-state index contributed by atoms with van der Waals surface area (Å²) in [6.07, 6.45) is -2.10. The number of hydrogen-bond acceptors (Lipinski definition) is 9. The normalized spacial score (nSPS) is 23.1. The number of alkyl halides is 3. The number of amides is 1. The number of ether oxygens (including phenoxy) is 2. The summed E-state index contributed by atoms with van der Waals surface area (Å²) < 4.78 is 70.7. The van der Waals surface area contributed by atoms with E-state index in [0.29, 0.717) is 73.7 Å². The van der Waals surface area contributed by atoms with E-state index in [2.05, 4.69) is 14.9 Å². The van der Waals surface area contributed by atoms with Crippen LogP contribution in [0.4, 0.5) is 29.1 Å². The van der Waals surface area contributed by atoms with E-state index in [1.807, 2.05) is 11.6 Å². The highest BCUT2D eigenvalue weighted by Gasteiger charge is 2.47. The van der Waals surface area contributed by atoms with Crippen LogP contribution in [0.25, 0.3) is 0 Å². The summed E-state index contributed by atoms with van der Waals surface area (Å²) >= 11 is 6.10. The molecule has 0 spiro atoms. The molecule has 2 atom stereocenters. The van der Waals surface area contributed by atoms with Gasteiger partial charge in [0.05, 0.1) is 53.1 Å². The zero-order valence-corrected chi connectivity index (χ0v) is 28.9. The van der Waals surface area contributed by atoms with Crippen molar-refractivity contribution in [3.8, 4) is 6.01 Å². The van der Waals surface area contributed by atoms with E-state index in [9.17, 15) is 22.4 Å². The van der Waals surface area contributed by atoms with Gasteiger partial charge in [0.2, 0.25) is 0 Å². The molecule has 4 aliphatic heterocycles. The van der Waals surface area contributed by atoms with Gasteiger partial charge in [-0.15, -0.1) is 0 Å². The summed E-state index contributed by atoms with van der Waals surface area (Å²) in [6, 6.07) is 2.41. The Kier molecular flexibility index (Phi) is 8.96. The summed E-state index contributed by atoms with van der Waals surface area (Å²) in [5.74, 6) is 0.346. The van der Waals surface area contributed by atoms with Crippen LogP contribution in [0.15, 0.2) is 24.0 Å². The van der Waals surface area contributed by atoms with Gasteiger partial charge in [0.25, 0.3) is 5.91 Å². The molecule has 3 aromatic rings. The van der Waals surface area contributed by atoms with Gasteiger partial charge in [0, 0.05) is 57.0 Å². The highest BCUT2D eigenvalue weighted by Crippen LogP contribution is 2.45. The molecule has 0 aliphatic carbocycles. The first-order chi connectivity index (χ1) is 23.8. The van der Waals surface area contributed by atoms with E-state index in [0.717, 1.165) is 36.7 Å². The van der Waals surface area contributed by atoms with E-state index in [1.54, 1.807) is 14.1 Å². The van der Waals surface area contributed by atoms with Gasteiger partial charge in [-0.2, -0.15) is 28.2 Å². The molecule has 1 amide bonds. The number of benzene rings is 1. The van der Waals surface area contributed by atoms with Gasteiger partial charge in [-0.05, 0) is 62.4 Å². The number of aromatic nitrogens is 4. The Morgan fingerprint density at radius 1 is 1.20 bits per heavy atom. The van der Waals surface area contributed by atoms with Crippen LogP contribution in [0.1, 0.15) is 75.9 Å². The predicted molar refractivity (Wildman–Crippen MR) is 178 cm³/mol. The molecule has 0 unspecified atom stereocenters. The summed E-state index contributed by atoms with van der Waals surface area (Å²) in [7, 11) is 3.36. The molecular formula is C34H39ClF4N8O3. The van der Waals surface area contributed by atoms with Gasteiger partial charge in [-0.3, -0.25) is 14.4 Å². The molecule has 11 nitrogen and oxygen atoms in total. The first kappa shape index (κ1) is 34.5. The van der Waals surface area contributed by atoms with Gasteiger partial charge in [-0.1, -0.05) is 11.6 Å². The Morgan fingerprint density at radius 3 is 2.74 bits per heavy atom. The van der Waals surface area contributed by atoms with Crippen LogP contribution in [0, 0.1) is 6.92 Å². The lowest BCUT2D eigenvalue weighted by Crippen LogP contribution is -2.43. The number of nitrogens with two attached hydrogens (primary N) is 1. The number of nitrogen functional groups attached to an aromatic ring is 1. The molecule has 2 fully saturated rings. The zero-order valence-electron chi connectivity index (χ0n) is 28.1. The van der Waals surface area contributed by atoms with E-state index >= 15 is 0 Å². The smallest absolute Gasteiger partial charge is 0.418 e. The average Bonchev–Trinajstić information content (AvgIpc) is 3.65. The predicted octanol–water partition coefficient (Wildman–Crippen LogP) is 5.63. The summed E-state index contributed by atoms with van der Waals surface area (Å²) in [5, 5.41) is 4.13. The molecule has 2 N–H and O–H groups in total. The third-order valence-electron chi connectivity index (χ3n) is 10.3. The number of fused-ring (bicyclic) bond motifs is 3. The van der Waals surface area contributed by atoms with Gasteiger partial charge < -0.3 is 25.0 Å². The number of rotatable bonds is 6. The highest BCUT2D eigenvalue weighted by molar-refractivity contribution is 6.31. The number of halogens is 5. The molecule has 268 valence electrons. The maximum absolute atomic E-state index is 14.3. The van der Waals surface area contributed by atoms with E-state index in [1.165, 1.54) is 11.0 Å². The second-order valence-electron chi connectivity index (χ2n) is 13.8. The topological polar surface area (TPSA) is 115 Å². The molecule has 0 radical (unpaired) electrons. The van der Waals surface area contributed by atoms with Gasteiger partial charge >= 0.3 is 12.2 Å². The molecule has 6 heterocycles. The number of carbonyl (C=O) groups excluding carboxylic acids is 1. The Labute approximate surface area is 292 Å². The fourth-order valence-electron chi connectivity index (χ4n) is 7.85. The average molecular weight is 719 g/mol. The lowest BCUT2D eigenvalue weighted by atomic mass is 9.94. The summed E-state index contributed by atoms with van der Waals surface area (Å²) in [4.78, 5) is 28.3. The van der Waals surface area contributed by atoms with Crippen LogP contribution in [0.2, 0.25) is 5.02 Å². The molecule has 2 aromatic heterocycles. The quantitative estimate of drug-likeness (QED) is 0.256. The standard InChI is InChI=1S/C34H39ClF4N8O3/c1-19-26-16-45(7-5-9-47(26)43-29(19)31(48)44(2)3)30-23-17-49-27(22-10-21(40)11-24(35)28(22)34(37,38)39)12-25(23)41-32(42-30)50-18-33-6-4-8-46(33)15-20(13-33)14-36/h10-11,14,27H,4-9,12-13,15-18,40H2,1-3H3/b20-14-/t27-,33-/m0/s1. The van der Waals surface area contributed by atoms with E-state index < -0.39 is 22.9 Å². The molecule has 0 bridgehead atoms. The third kappa shape index (κ3) is 6.17. The minimum Gasteiger partial charge on any atom is -0.461 e. The van der Waals surface area contributed by atoms with Crippen molar-refractivity contribution in [1.82, 2.24) is 29.5 Å². The Balaban J connectivity index is 1.27. The van der Waals surface area contributed by atoms with Crippen LogP contribution in [-0.4, -0.2) is 81.3 Å². The minimum atomic E-state index is -4.74. The number of anilines is 2.